The number of hydrogen-bond acceptors (Lipinski definition) is 4. The quantitative estimate of drug-likeness (QED) is 0.687. The zero-order chi connectivity index (χ0) is 15.5. The minimum absolute atomic E-state index is 0.0160. The van der Waals surface area contributed by atoms with Gasteiger partial charge in [0.25, 0.3) is 6.43 Å². The maximum atomic E-state index is 12.1. The molecule has 0 spiro atoms. The SMILES string of the molecule is Cc1ccc(S(=O)(=O)NCC(O)C(F)F)cc1C(N)=O. The summed E-state index contributed by atoms with van der Waals surface area (Å²) in [6.07, 6.45) is -5.16. The molecule has 0 aliphatic heterocycles. The first-order chi connectivity index (χ1) is 9.15. The van der Waals surface area contributed by atoms with Gasteiger partial charge in [0, 0.05) is 12.1 Å². The van der Waals surface area contributed by atoms with E-state index >= 15 is 0 Å². The number of carbonyl (C=O) groups is 1. The van der Waals surface area contributed by atoms with E-state index in [1.165, 1.54) is 12.1 Å². The van der Waals surface area contributed by atoms with Crippen LogP contribution in [0.25, 0.3) is 0 Å². The summed E-state index contributed by atoms with van der Waals surface area (Å²) < 4.78 is 49.6. The van der Waals surface area contributed by atoms with Crippen LogP contribution in [0.3, 0.4) is 0 Å². The highest BCUT2D eigenvalue weighted by Crippen LogP contribution is 2.15. The molecule has 0 fully saturated rings. The Labute approximate surface area is 114 Å². The number of primary amides is 1. The Morgan fingerprint density at radius 2 is 2.05 bits per heavy atom. The molecule has 0 bridgehead atoms. The molecule has 0 heterocycles. The highest BCUT2D eigenvalue weighted by Gasteiger charge is 2.22. The van der Waals surface area contributed by atoms with E-state index in [0.717, 1.165) is 6.07 Å². The van der Waals surface area contributed by atoms with Crippen molar-refractivity contribution in [1.29, 1.82) is 0 Å². The van der Waals surface area contributed by atoms with E-state index in [1.807, 2.05) is 4.72 Å². The van der Waals surface area contributed by atoms with E-state index in [0.29, 0.717) is 5.56 Å². The Kier molecular flexibility index (Phi) is 5.15. The Morgan fingerprint density at radius 1 is 1.45 bits per heavy atom. The third-order valence-corrected chi connectivity index (χ3v) is 3.98. The Bertz CT molecular complexity index is 604. The Morgan fingerprint density at radius 3 is 2.55 bits per heavy atom. The van der Waals surface area contributed by atoms with Crippen molar-refractivity contribution in [3.63, 3.8) is 0 Å². The average Bonchev–Trinajstić information content (AvgIpc) is 2.35. The van der Waals surface area contributed by atoms with Crippen molar-refractivity contribution in [1.82, 2.24) is 4.72 Å². The van der Waals surface area contributed by atoms with Gasteiger partial charge in [0.2, 0.25) is 15.9 Å². The highest BCUT2D eigenvalue weighted by atomic mass is 32.2. The molecule has 1 unspecified atom stereocenters. The summed E-state index contributed by atoms with van der Waals surface area (Å²) in [5, 5.41) is 8.87. The number of aliphatic hydroxyl groups excluding tert-OH is 1. The zero-order valence-electron chi connectivity index (χ0n) is 10.5. The van der Waals surface area contributed by atoms with Gasteiger partial charge in [-0.25, -0.2) is 21.9 Å². The maximum Gasteiger partial charge on any atom is 0.265 e. The van der Waals surface area contributed by atoms with Crippen LogP contribution >= 0.6 is 0 Å². The molecule has 0 saturated carbocycles. The number of alkyl halides is 2. The second-order valence-electron chi connectivity index (χ2n) is 4.09. The normalized spacial score (nSPS) is 13.4. The van der Waals surface area contributed by atoms with E-state index in [9.17, 15) is 22.0 Å². The van der Waals surface area contributed by atoms with E-state index in [1.54, 1.807) is 6.92 Å². The number of hydrogen-bond donors (Lipinski definition) is 3. The molecule has 0 radical (unpaired) electrons. The Hall–Kier alpha value is -1.58. The molecule has 1 amide bonds. The molecule has 112 valence electrons. The number of amides is 1. The van der Waals surface area contributed by atoms with E-state index in [-0.39, 0.29) is 10.5 Å². The van der Waals surface area contributed by atoms with Gasteiger partial charge in [-0.2, -0.15) is 0 Å². The molecule has 0 aromatic heterocycles. The summed E-state index contributed by atoms with van der Waals surface area (Å²) in [4.78, 5) is 10.8. The number of rotatable bonds is 6. The third kappa shape index (κ3) is 3.95. The van der Waals surface area contributed by atoms with E-state index in [2.05, 4.69) is 0 Å². The van der Waals surface area contributed by atoms with Gasteiger partial charge in [0.05, 0.1) is 4.90 Å². The fourth-order valence-electron chi connectivity index (χ4n) is 1.40. The number of carbonyl (C=O) groups excluding carboxylic acids is 1. The van der Waals surface area contributed by atoms with Crippen LogP contribution in [0.1, 0.15) is 15.9 Å². The lowest BCUT2D eigenvalue weighted by atomic mass is 10.1. The van der Waals surface area contributed by atoms with Crippen LogP contribution in [0, 0.1) is 6.92 Å². The van der Waals surface area contributed by atoms with E-state index < -0.39 is 35.0 Å². The molecule has 1 aromatic rings. The fourth-order valence-corrected chi connectivity index (χ4v) is 2.48. The first kappa shape index (κ1) is 16.5. The molecule has 1 aromatic carbocycles. The van der Waals surface area contributed by atoms with Gasteiger partial charge in [-0.15, -0.1) is 0 Å². The van der Waals surface area contributed by atoms with Gasteiger partial charge in [0.1, 0.15) is 6.10 Å². The summed E-state index contributed by atoms with van der Waals surface area (Å²) in [5.41, 5.74) is 5.60. The monoisotopic (exact) mass is 308 g/mol. The minimum atomic E-state index is -4.11. The summed E-state index contributed by atoms with van der Waals surface area (Å²) >= 11 is 0. The molecular weight excluding hydrogens is 294 g/mol. The van der Waals surface area contributed by atoms with Crippen molar-refractivity contribution in [3.8, 4) is 0 Å². The van der Waals surface area contributed by atoms with Crippen molar-refractivity contribution in [2.45, 2.75) is 24.3 Å². The van der Waals surface area contributed by atoms with Crippen molar-refractivity contribution in [2.24, 2.45) is 5.73 Å². The molecule has 1 atom stereocenters. The summed E-state index contributed by atoms with van der Waals surface area (Å²) in [7, 11) is -4.11. The lowest BCUT2D eigenvalue weighted by molar-refractivity contribution is -0.000451. The first-order valence-corrected chi connectivity index (χ1v) is 7.00. The van der Waals surface area contributed by atoms with Crippen LogP contribution in [0.2, 0.25) is 0 Å². The van der Waals surface area contributed by atoms with Gasteiger partial charge >= 0.3 is 0 Å². The van der Waals surface area contributed by atoms with Crippen molar-refractivity contribution < 1.29 is 27.1 Å². The Balaban J connectivity index is 2.99. The standard InChI is InChI=1S/C11H14F2N2O4S/c1-6-2-3-7(4-8(6)11(14)17)20(18,19)15-5-9(16)10(12)13/h2-4,9-10,15-16H,5H2,1H3,(H2,14,17). The van der Waals surface area contributed by atoms with Crippen LogP contribution < -0.4 is 10.5 Å². The summed E-state index contributed by atoms with van der Waals surface area (Å²) in [5.74, 6) is -0.799. The van der Waals surface area contributed by atoms with Crippen molar-refractivity contribution in [2.75, 3.05) is 6.54 Å². The number of aryl methyl sites for hydroxylation is 1. The summed E-state index contributed by atoms with van der Waals surface area (Å²) in [6.45, 7) is 0.740. The minimum Gasteiger partial charge on any atom is -0.386 e. The summed E-state index contributed by atoms with van der Waals surface area (Å²) in [6, 6.07) is 3.63. The van der Waals surface area contributed by atoms with Gasteiger partial charge < -0.3 is 10.8 Å². The van der Waals surface area contributed by atoms with Crippen molar-refractivity contribution in [3.05, 3.63) is 29.3 Å². The molecule has 4 N–H and O–H groups in total. The molecular formula is C11H14F2N2O4S. The number of sulfonamides is 1. The van der Waals surface area contributed by atoms with Crippen LogP contribution in [0.4, 0.5) is 8.78 Å². The molecule has 9 heteroatoms. The molecule has 0 aliphatic carbocycles. The molecule has 1 rings (SSSR count). The topological polar surface area (TPSA) is 109 Å². The number of aliphatic hydroxyl groups is 1. The predicted molar refractivity (Wildman–Crippen MR) is 66.9 cm³/mol. The second kappa shape index (κ2) is 6.25. The number of nitrogens with two attached hydrogens (primary N) is 1. The molecule has 0 aliphatic rings. The van der Waals surface area contributed by atoms with Crippen LogP contribution in [-0.2, 0) is 10.0 Å². The lowest BCUT2D eigenvalue weighted by Crippen LogP contribution is -2.35. The highest BCUT2D eigenvalue weighted by molar-refractivity contribution is 7.89. The fraction of sp³-hybridized carbons (Fsp3) is 0.364. The smallest absolute Gasteiger partial charge is 0.265 e. The molecule has 6 nitrogen and oxygen atoms in total. The molecule has 0 saturated heterocycles. The number of benzene rings is 1. The maximum absolute atomic E-state index is 12.1. The largest absolute Gasteiger partial charge is 0.386 e. The van der Waals surface area contributed by atoms with Gasteiger partial charge in [-0.05, 0) is 24.6 Å². The van der Waals surface area contributed by atoms with Crippen molar-refractivity contribution >= 4 is 15.9 Å². The third-order valence-electron chi connectivity index (χ3n) is 2.56. The predicted octanol–water partition coefficient (Wildman–Crippen LogP) is -0.00178. The van der Waals surface area contributed by atoms with Crippen LogP contribution in [0.5, 0.6) is 0 Å². The zero-order valence-corrected chi connectivity index (χ0v) is 11.3. The second-order valence-corrected chi connectivity index (χ2v) is 5.86. The van der Waals surface area contributed by atoms with E-state index in [4.69, 9.17) is 10.8 Å². The number of nitrogens with one attached hydrogen (secondary N) is 1. The van der Waals surface area contributed by atoms with Gasteiger partial charge in [-0.3, -0.25) is 4.79 Å². The lowest BCUT2D eigenvalue weighted by Gasteiger charge is -2.12. The van der Waals surface area contributed by atoms with Crippen LogP contribution in [-0.4, -0.2) is 38.5 Å². The first-order valence-electron chi connectivity index (χ1n) is 5.51. The van der Waals surface area contributed by atoms with Crippen LogP contribution in [0.15, 0.2) is 23.1 Å². The number of halogens is 2. The van der Waals surface area contributed by atoms with Gasteiger partial charge in [0.15, 0.2) is 0 Å². The average molecular weight is 308 g/mol. The van der Waals surface area contributed by atoms with Gasteiger partial charge in [-0.1, -0.05) is 6.07 Å². The molecule has 20 heavy (non-hydrogen) atoms.